The van der Waals surface area contributed by atoms with Crippen LogP contribution in [0.4, 0.5) is 0 Å². The van der Waals surface area contributed by atoms with Crippen LogP contribution in [-0.2, 0) is 9.53 Å². The quantitative estimate of drug-likeness (QED) is 0.375. The lowest BCUT2D eigenvalue weighted by atomic mass is 9.90. The fourth-order valence-corrected chi connectivity index (χ4v) is 3.41. The summed E-state index contributed by atoms with van der Waals surface area (Å²) < 4.78 is 5.08. The van der Waals surface area contributed by atoms with Gasteiger partial charge in [-0.1, -0.05) is 51.2 Å². The maximum Gasteiger partial charge on any atom is 0.329 e. The van der Waals surface area contributed by atoms with E-state index in [9.17, 15) is 4.79 Å². The van der Waals surface area contributed by atoms with Crippen LogP contribution in [0.5, 0.6) is 0 Å². The van der Waals surface area contributed by atoms with E-state index in [4.69, 9.17) is 9.84 Å². The molecule has 1 fully saturated rings. The van der Waals surface area contributed by atoms with E-state index in [-0.39, 0.29) is 6.61 Å². The van der Waals surface area contributed by atoms with E-state index < -0.39 is 5.97 Å². The van der Waals surface area contributed by atoms with Gasteiger partial charge in [-0.05, 0) is 50.4 Å². The number of allylic oxidation sites excluding steroid dienone is 2. The van der Waals surface area contributed by atoms with Crippen molar-refractivity contribution in [3.63, 3.8) is 0 Å². The van der Waals surface area contributed by atoms with Gasteiger partial charge in [0.05, 0.1) is 0 Å². The van der Waals surface area contributed by atoms with Gasteiger partial charge < -0.3 is 9.84 Å². The van der Waals surface area contributed by atoms with Crippen molar-refractivity contribution in [2.24, 2.45) is 11.8 Å². The van der Waals surface area contributed by atoms with Crippen molar-refractivity contribution in [3.05, 3.63) is 12.2 Å². The van der Waals surface area contributed by atoms with Gasteiger partial charge in [-0.15, -0.1) is 0 Å². The number of hydrogen-bond donors (Lipinski definition) is 1. The molecule has 3 heteroatoms. The van der Waals surface area contributed by atoms with Crippen LogP contribution in [0.3, 0.4) is 0 Å². The third kappa shape index (κ3) is 9.24. The van der Waals surface area contributed by atoms with Crippen LogP contribution in [0.25, 0.3) is 0 Å². The highest BCUT2D eigenvalue weighted by Crippen LogP contribution is 2.36. The zero-order valence-corrected chi connectivity index (χ0v) is 14.3. The van der Waals surface area contributed by atoms with Crippen molar-refractivity contribution in [2.75, 3.05) is 13.2 Å². The third-order valence-corrected chi connectivity index (χ3v) is 4.66. The van der Waals surface area contributed by atoms with Crippen LogP contribution >= 0.6 is 0 Å². The minimum Gasteiger partial charge on any atom is -0.480 e. The van der Waals surface area contributed by atoms with Gasteiger partial charge in [-0.2, -0.15) is 0 Å². The zero-order valence-electron chi connectivity index (χ0n) is 14.3. The highest BCUT2D eigenvalue weighted by Gasteiger charge is 2.24. The van der Waals surface area contributed by atoms with Gasteiger partial charge in [-0.25, -0.2) is 4.79 Å². The van der Waals surface area contributed by atoms with Crippen LogP contribution in [0.15, 0.2) is 12.2 Å². The highest BCUT2D eigenvalue weighted by atomic mass is 16.5. The average molecular weight is 310 g/mol. The topological polar surface area (TPSA) is 46.5 Å². The number of unbranched alkanes of at least 4 members (excludes halogenated alkanes) is 5. The van der Waals surface area contributed by atoms with Gasteiger partial charge in [0.2, 0.25) is 0 Å². The van der Waals surface area contributed by atoms with E-state index >= 15 is 0 Å². The summed E-state index contributed by atoms with van der Waals surface area (Å²) >= 11 is 0. The molecule has 1 aliphatic rings. The summed E-state index contributed by atoms with van der Waals surface area (Å²) in [7, 11) is 0. The summed E-state index contributed by atoms with van der Waals surface area (Å²) in [5, 5.41) is 8.50. The van der Waals surface area contributed by atoms with Crippen LogP contribution < -0.4 is 0 Å². The van der Waals surface area contributed by atoms with Crippen LogP contribution in [0.1, 0.15) is 77.6 Å². The minimum atomic E-state index is -0.875. The molecule has 0 saturated heterocycles. The number of rotatable bonds is 13. The minimum absolute atomic E-state index is 0.160. The van der Waals surface area contributed by atoms with E-state index in [1.54, 1.807) is 0 Å². The first-order chi connectivity index (χ1) is 10.7. The van der Waals surface area contributed by atoms with Gasteiger partial charge in [0, 0.05) is 6.61 Å². The second kappa shape index (κ2) is 12.7. The molecule has 0 radical (unpaired) electrons. The second-order valence-corrected chi connectivity index (χ2v) is 6.57. The van der Waals surface area contributed by atoms with E-state index in [2.05, 4.69) is 19.1 Å². The number of aliphatic carboxylic acids is 1. The molecule has 128 valence electrons. The van der Waals surface area contributed by atoms with E-state index in [0.717, 1.165) is 24.7 Å². The Morgan fingerprint density at radius 1 is 1.18 bits per heavy atom. The summed E-state index contributed by atoms with van der Waals surface area (Å²) in [6.07, 6.45) is 19.0. The predicted molar refractivity (Wildman–Crippen MR) is 91.0 cm³/mol. The molecule has 0 spiro atoms. The fourth-order valence-electron chi connectivity index (χ4n) is 3.41. The molecule has 0 aromatic rings. The summed E-state index contributed by atoms with van der Waals surface area (Å²) in [5.41, 5.74) is 0. The average Bonchev–Trinajstić information content (AvgIpc) is 2.93. The molecule has 0 aliphatic heterocycles. The van der Waals surface area contributed by atoms with Crippen molar-refractivity contribution in [3.8, 4) is 0 Å². The first-order valence-corrected chi connectivity index (χ1v) is 9.20. The van der Waals surface area contributed by atoms with Crippen molar-refractivity contribution in [2.45, 2.75) is 77.6 Å². The van der Waals surface area contributed by atoms with Crippen LogP contribution in [0, 0.1) is 11.8 Å². The second-order valence-electron chi connectivity index (χ2n) is 6.57. The van der Waals surface area contributed by atoms with Gasteiger partial charge in [0.1, 0.15) is 6.61 Å². The Morgan fingerprint density at radius 2 is 2.05 bits per heavy atom. The Morgan fingerprint density at radius 3 is 2.82 bits per heavy atom. The Balaban J connectivity index is 2.07. The van der Waals surface area contributed by atoms with Crippen molar-refractivity contribution in [1.29, 1.82) is 0 Å². The van der Waals surface area contributed by atoms with E-state index in [0.29, 0.717) is 6.61 Å². The number of ether oxygens (including phenoxy) is 1. The fraction of sp³-hybridized carbons (Fsp3) is 0.842. The van der Waals surface area contributed by atoms with E-state index in [1.807, 2.05) is 0 Å². The molecule has 1 N–H and O–H groups in total. The summed E-state index contributed by atoms with van der Waals surface area (Å²) in [6, 6.07) is 0. The summed E-state index contributed by atoms with van der Waals surface area (Å²) in [4.78, 5) is 10.3. The molecule has 0 heterocycles. The molecule has 2 atom stereocenters. The van der Waals surface area contributed by atoms with Crippen molar-refractivity contribution in [1.82, 2.24) is 0 Å². The normalized spacial score (nSPS) is 21.7. The number of carboxylic acids is 1. The van der Waals surface area contributed by atoms with Crippen LogP contribution in [-0.4, -0.2) is 24.3 Å². The largest absolute Gasteiger partial charge is 0.480 e. The lowest BCUT2D eigenvalue weighted by Crippen LogP contribution is -2.09. The Labute approximate surface area is 136 Å². The molecule has 0 aromatic heterocycles. The first-order valence-electron chi connectivity index (χ1n) is 9.20. The molecule has 0 aromatic carbocycles. The molecule has 22 heavy (non-hydrogen) atoms. The highest BCUT2D eigenvalue weighted by molar-refractivity contribution is 5.67. The standard InChI is InChI=1S/C19H34O3/c1-2-3-4-5-6-7-11-17-13-10-14-18(17)12-8-9-15-22-16-19(20)21/h7,11,17-18H,2-6,8-10,12-16H2,1H3,(H,20,21)/t17-,18-/m0/s1. The molecule has 1 rings (SSSR count). The van der Waals surface area contributed by atoms with Gasteiger partial charge in [-0.3, -0.25) is 0 Å². The third-order valence-electron chi connectivity index (χ3n) is 4.66. The van der Waals surface area contributed by atoms with E-state index in [1.165, 1.54) is 57.8 Å². The molecule has 0 bridgehead atoms. The Hall–Kier alpha value is -0.830. The maximum atomic E-state index is 10.3. The molecule has 0 unspecified atom stereocenters. The number of hydrogen-bond acceptors (Lipinski definition) is 2. The molecular formula is C19H34O3. The number of carboxylic acid groups (broad SMARTS) is 1. The smallest absolute Gasteiger partial charge is 0.329 e. The lowest BCUT2D eigenvalue weighted by molar-refractivity contribution is -0.142. The van der Waals surface area contributed by atoms with Gasteiger partial charge in [0.15, 0.2) is 0 Å². The van der Waals surface area contributed by atoms with Gasteiger partial charge >= 0.3 is 5.97 Å². The Bertz CT molecular complexity index is 312. The molecular weight excluding hydrogens is 276 g/mol. The maximum absolute atomic E-state index is 10.3. The van der Waals surface area contributed by atoms with Crippen LogP contribution in [0.2, 0.25) is 0 Å². The number of carbonyl (C=O) groups is 1. The Kier molecular flexibility index (Phi) is 11.1. The first kappa shape index (κ1) is 19.2. The van der Waals surface area contributed by atoms with Crippen molar-refractivity contribution >= 4 is 5.97 Å². The monoisotopic (exact) mass is 310 g/mol. The molecule has 0 amide bonds. The summed E-state index contributed by atoms with van der Waals surface area (Å²) in [5.74, 6) is 0.748. The SMILES string of the molecule is CCCCCCC=C[C@H]1CCC[C@@H]1CCCCOCC(=O)O. The zero-order chi connectivity index (χ0) is 16.0. The lowest BCUT2D eigenvalue weighted by Gasteiger charge is -2.16. The molecule has 3 nitrogen and oxygen atoms in total. The molecule has 1 saturated carbocycles. The summed E-state index contributed by atoms with van der Waals surface area (Å²) in [6.45, 7) is 2.68. The molecule has 1 aliphatic carbocycles. The van der Waals surface area contributed by atoms with Crippen molar-refractivity contribution < 1.29 is 14.6 Å². The van der Waals surface area contributed by atoms with Gasteiger partial charge in [0.25, 0.3) is 0 Å². The predicted octanol–water partition coefficient (Wildman–Crippen LogP) is 5.20.